The predicted octanol–water partition coefficient (Wildman–Crippen LogP) is 6.04. The summed E-state index contributed by atoms with van der Waals surface area (Å²) < 4.78 is 11.4. The predicted molar refractivity (Wildman–Crippen MR) is 120 cm³/mol. The topological polar surface area (TPSA) is 59.5 Å². The van der Waals surface area contributed by atoms with Crippen LogP contribution in [-0.4, -0.2) is 18.1 Å². The van der Waals surface area contributed by atoms with E-state index in [1.807, 2.05) is 50.2 Å². The van der Waals surface area contributed by atoms with Crippen molar-refractivity contribution < 1.29 is 8.83 Å². The summed E-state index contributed by atoms with van der Waals surface area (Å²) in [7, 11) is 0. The summed E-state index contributed by atoms with van der Waals surface area (Å²) in [6.07, 6.45) is 0.922. The molecule has 0 fully saturated rings. The molecule has 4 rings (SSSR count). The second-order valence-corrected chi connectivity index (χ2v) is 6.52. The number of hydrogen-bond donors (Lipinski definition) is 0. The van der Waals surface area contributed by atoms with E-state index in [1.54, 1.807) is 6.07 Å². The fourth-order valence-corrected chi connectivity index (χ4v) is 3.34. The third-order valence-electron chi connectivity index (χ3n) is 4.94. The number of rotatable bonds is 5. The fraction of sp³-hybridized carbons (Fsp3) is 0.333. The molecular formula is C24H28N2O3. The van der Waals surface area contributed by atoms with Gasteiger partial charge in [-0.15, -0.1) is 0 Å². The van der Waals surface area contributed by atoms with Gasteiger partial charge in [-0.3, -0.25) is 0 Å². The Morgan fingerprint density at radius 2 is 1.66 bits per heavy atom. The highest BCUT2D eigenvalue weighted by Crippen LogP contribution is 2.27. The molecule has 0 radical (unpaired) electrons. The van der Waals surface area contributed by atoms with Crippen molar-refractivity contribution in [2.45, 2.75) is 41.0 Å². The van der Waals surface area contributed by atoms with Crippen molar-refractivity contribution in [3.63, 3.8) is 0 Å². The molecule has 2 heterocycles. The van der Waals surface area contributed by atoms with Crippen molar-refractivity contribution in [3.8, 4) is 11.5 Å². The van der Waals surface area contributed by atoms with Crippen molar-refractivity contribution in [1.29, 1.82) is 0 Å². The number of benzene rings is 2. The van der Waals surface area contributed by atoms with Crippen LogP contribution in [0.2, 0.25) is 0 Å². The molecule has 0 unspecified atom stereocenters. The van der Waals surface area contributed by atoms with E-state index in [2.05, 4.69) is 30.7 Å². The Bertz CT molecular complexity index is 1170. The number of aromatic nitrogens is 1. The molecule has 5 heteroatoms. The Labute approximate surface area is 171 Å². The molecule has 0 spiro atoms. The zero-order chi connectivity index (χ0) is 21.0. The molecule has 0 saturated heterocycles. The van der Waals surface area contributed by atoms with Gasteiger partial charge in [-0.2, -0.15) is 0 Å². The molecule has 0 bridgehead atoms. The molecule has 0 atom stereocenters. The van der Waals surface area contributed by atoms with Crippen LogP contribution in [0.25, 0.3) is 33.5 Å². The summed E-state index contributed by atoms with van der Waals surface area (Å²) in [6.45, 7) is 12.1. The van der Waals surface area contributed by atoms with Gasteiger partial charge in [0.25, 0.3) is 0 Å². The molecule has 2 aromatic carbocycles. The average molecular weight is 392 g/mol. The molecule has 0 amide bonds. The Morgan fingerprint density at radius 1 is 0.897 bits per heavy atom. The largest absolute Gasteiger partial charge is 0.436 e. The molecule has 152 valence electrons. The number of nitrogens with zero attached hydrogens (tertiary/aromatic N) is 2. The SMILES string of the molecule is CC.CCc1ccc2oc(-c3cc4ccc(N(CC)CC)cc4oc3=O)nc2c1. The Balaban J connectivity index is 0.00000117. The van der Waals surface area contributed by atoms with Crippen LogP contribution in [0.3, 0.4) is 0 Å². The van der Waals surface area contributed by atoms with Crippen LogP contribution < -0.4 is 10.5 Å². The van der Waals surface area contributed by atoms with Crippen LogP contribution in [0.5, 0.6) is 0 Å². The van der Waals surface area contributed by atoms with Crippen molar-refractivity contribution >= 4 is 27.8 Å². The van der Waals surface area contributed by atoms with Gasteiger partial charge in [0.05, 0.1) is 0 Å². The Morgan fingerprint density at radius 3 is 2.34 bits per heavy atom. The van der Waals surface area contributed by atoms with Gasteiger partial charge in [0.2, 0.25) is 5.89 Å². The molecule has 4 aromatic rings. The van der Waals surface area contributed by atoms with Gasteiger partial charge in [-0.25, -0.2) is 9.78 Å². The van der Waals surface area contributed by atoms with Gasteiger partial charge in [0.1, 0.15) is 16.7 Å². The zero-order valence-electron chi connectivity index (χ0n) is 17.8. The lowest BCUT2D eigenvalue weighted by atomic mass is 10.1. The molecule has 0 saturated carbocycles. The van der Waals surface area contributed by atoms with Crippen molar-refractivity contribution in [3.05, 3.63) is 58.4 Å². The lowest BCUT2D eigenvalue weighted by molar-refractivity contribution is 0.553. The monoisotopic (exact) mass is 392 g/mol. The van der Waals surface area contributed by atoms with Gasteiger partial charge < -0.3 is 13.7 Å². The summed E-state index contributed by atoms with van der Waals surface area (Å²) >= 11 is 0. The van der Waals surface area contributed by atoms with Crippen LogP contribution in [0.4, 0.5) is 5.69 Å². The molecule has 29 heavy (non-hydrogen) atoms. The summed E-state index contributed by atoms with van der Waals surface area (Å²) in [5.74, 6) is 0.293. The van der Waals surface area contributed by atoms with Gasteiger partial charge in [-0.05, 0) is 56.2 Å². The maximum Gasteiger partial charge on any atom is 0.349 e. The van der Waals surface area contributed by atoms with Crippen LogP contribution in [0.15, 0.2) is 56.1 Å². The van der Waals surface area contributed by atoms with Crippen molar-refractivity contribution in [2.75, 3.05) is 18.0 Å². The highest BCUT2D eigenvalue weighted by Gasteiger charge is 2.15. The van der Waals surface area contributed by atoms with E-state index >= 15 is 0 Å². The second kappa shape index (κ2) is 8.95. The van der Waals surface area contributed by atoms with E-state index < -0.39 is 5.63 Å². The van der Waals surface area contributed by atoms with Crippen LogP contribution in [-0.2, 0) is 6.42 Å². The van der Waals surface area contributed by atoms with Crippen LogP contribution in [0, 0.1) is 0 Å². The third kappa shape index (κ3) is 4.04. The Hall–Kier alpha value is -3.08. The first kappa shape index (κ1) is 20.6. The smallest absolute Gasteiger partial charge is 0.349 e. The summed E-state index contributed by atoms with van der Waals surface area (Å²) in [6, 6.07) is 13.6. The van der Waals surface area contributed by atoms with Gasteiger partial charge in [0, 0.05) is 30.2 Å². The summed E-state index contributed by atoms with van der Waals surface area (Å²) in [5.41, 5.74) is 4.10. The molecule has 0 N–H and O–H groups in total. The first-order chi connectivity index (χ1) is 14.1. The fourth-order valence-electron chi connectivity index (χ4n) is 3.34. The number of hydrogen-bond acceptors (Lipinski definition) is 5. The first-order valence-corrected chi connectivity index (χ1v) is 10.4. The maximum absolute atomic E-state index is 12.6. The Kier molecular flexibility index (Phi) is 6.37. The molecule has 0 aliphatic heterocycles. The normalized spacial score (nSPS) is 10.8. The first-order valence-electron chi connectivity index (χ1n) is 10.4. The lowest BCUT2D eigenvalue weighted by Crippen LogP contribution is -2.21. The third-order valence-corrected chi connectivity index (χ3v) is 4.94. The quantitative estimate of drug-likeness (QED) is 0.388. The number of anilines is 1. The minimum absolute atomic E-state index is 0.293. The zero-order valence-corrected chi connectivity index (χ0v) is 17.8. The molecule has 5 nitrogen and oxygen atoms in total. The second-order valence-electron chi connectivity index (χ2n) is 6.52. The standard InChI is InChI=1S/C22H22N2O3.C2H6/c1-4-14-7-10-19-18(11-14)23-21(26-19)17-12-15-8-9-16(24(5-2)6-3)13-20(15)27-22(17)25;1-2/h7-13H,4-6H2,1-3H3;1-2H3. The van der Waals surface area contributed by atoms with E-state index in [4.69, 9.17) is 8.83 Å². The highest BCUT2D eigenvalue weighted by atomic mass is 16.4. The van der Waals surface area contributed by atoms with Gasteiger partial charge in [0.15, 0.2) is 5.58 Å². The van der Waals surface area contributed by atoms with Gasteiger partial charge in [-0.1, -0.05) is 26.8 Å². The van der Waals surface area contributed by atoms with E-state index in [-0.39, 0.29) is 0 Å². The van der Waals surface area contributed by atoms with Crippen molar-refractivity contribution in [1.82, 2.24) is 4.98 Å². The lowest BCUT2D eigenvalue weighted by Gasteiger charge is -2.20. The molecule has 0 aliphatic carbocycles. The summed E-state index contributed by atoms with van der Waals surface area (Å²) in [4.78, 5) is 19.3. The van der Waals surface area contributed by atoms with E-state index in [9.17, 15) is 4.79 Å². The summed E-state index contributed by atoms with van der Waals surface area (Å²) in [5, 5.41) is 0.844. The number of fused-ring (bicyclic) bond motifs is 2. The maximum atomic E-state index is 12.6. The van der Waals surface area contributed by atoms with E-state index in [1.165, 1.54) is 5.56 Å². The average Bonchev–Trinajstić information content (AvgIpc) is 3.18. The van der Waals surface area contributed by atoms with Crippen molar-refractivity contribution in [2.24, 2.45) is 0 Å². The molecule has 0 aliphatic rings. The minimum Gasteiger partial charge on any atom is -0.436 e. The van der Waals surface area contributed by atoms with Gasteiger partial charge >= 0.3 is 5.63 Å². The van der Waals surface area contributed by atoms with Crippen LogP contribution >= 0.6 is 0 Å². The number of oxazole rings is 1. The highest BCUT2D eigenvalue weighted by molar-refractivity contribution is 5.84. The molecular weight excluding hydrogens is 364 g/mol. The minimum atomic E-state index is -0.443. The van der Waals surface area contributed by atoms with E-state index in [0.717, 1.165) is 36.1 Å². The van der Waals surface area contributed by atoms with Crippen LogP contribution in [0.1, 0.15) is 40.2 Å². The number of aryl methyl sites for hydroxylation is 1. The van der Waals surface area contributed by atoms with E-state index in [0.29, 0.717) is 22.6 Å². The molecule has 2 aromatic heterocycles.